The van der Waals surface area contributed by atoms with E-state index in [1.54, 1.807) is 17.5 Å². The number of carbonyl (C=O) groups is 1. The Morgan fingerprint density at radius 3 is 2.93 bits per heavy atom. The van der Waals surface area contributed by atoms with Crippen LogP contribution in [0.15, 0.2) is 21.7 Å². The molecule has 27 heavy (non-hydrogen) atoms. The SMILES string of the molecule is O=C(NCc1nnc2n1CCCCC2)C1CCCN1S(=O)(=O)c1cccs1. The fraction of sp³-hybridized carbons (Fsp3) is 0.588. The van der Waals surface area contributed by atoms with E-state index in [-0.39, 0.29) is 16.7 Å². The number of hydrogen-bond acceptors (Lipinski definition) is 6. The van der Waals surface area contributed by atoms with Gasteiger partial charge in [0, 0.05) is 19.5 Å². The molecule has 4 heterocycles. The van der Waals surface area contributed by atoms with Crippen molar-refractivity contribution in [2.75, 3.05) is 6.54 Å². The molecule has 1 saturated heterocycles. The van der Waals surface area contributed by atoms with Crippen LogP contribution in [0.4, 0.5) is 0 Å². The van der Waals surface area contributed by atoms with Crippen molar-refractivity contribution in [3.05, 3.63) is 29.2 Å². The molecule has 2 aromatic heterocycles. The van der Waals surface area contributed by atoms with Crippen molar-refractivity contribution >= 4 is 27.3 Å². The minimum absolute atomic E-state index is 0.265. The van der Waals surface area contributed by atoms with Crippen LogP contribution in [-0.2, 0) is 34.3 Å². The summed E-state index contributed by atoms with van der Waals surface area (Å²) in [5.41, 5.74) is 0. The van der Waals surface area contributed by atoms with Crippen LogP contribution in [-0.4, -0.2) is 46.0 Å². The Morgan fingerprint density at radius 2 is 2.11 bits per heavy atom. The van der Waals surface area contributed by atoms with Gasteiger partial charge >= 0.3 is 0 Å². The Labute approximate surface area is 162 Å². The van der Waals surface area contributed by atoms with Crippen molar-refractivity contribution in [2.45, 2.75) is 61.9 Å². The maximum atomic E-state index is 12.8. The summed E-state index contributed by atoms with van der Waals surface area (Å²) in [5, 5.41) is 13.1. The van der Waals surface area contributed by atoms with E-state index >= 15 is 0 Å². The average Bonchev–Trinajstić information content (AvgIpc) is 3.39. The van der Waals surface area contributed by atoms with Crippen molar-refractivity contribution in [3.63, 3.8) is 0 Å². The first-order valence-corrected chi connectivity index (χ1v) is 11.6. The van der Waals surface area contributed by atoms with Gasteiger partial charge < -0.3 is 9.88 Å². The van der Waals surface area contributed by atoms with Gasteiger partial charge in [0.2, 0.25) is 5.91 Å². The van der Waals surface area contributed by atoms with Crippen LogP contribution >= 0.6 is 11.3 Å². The van der Waals surface area contributed by atoms with Gasteiger partial charge in [-0.2, -0.15) is 4.31 Å². The van der Waals surface area contributed by atoms with E-state index < -0.39 is 16.1 Å². The number of aryl methyl sites for hydroxylation is 1. The van der Waals surface area contributed by atoms with Gasteiger partial charge in [-0.15, -0.1) is 21.5 Å². The lowest BCUT2D eigenvalue weighted by molar-refractivity contribution is -0.124. The summed E-state index contributed by atoms with van der Waals surface area (Å²) in [6, 6.07) is 2.63. The van der Waals surface area contributed by atoms with Crippen molar-refractivity contribution in [1.29, 1.82) is 0 Å². The van der Waals surface area contributed by atoms with Crippen molar-refractivity contribution in [1.82, 2.24) is 24.4 Å². The van der Waals surface area contributed by atoms with Crippen LogP contribution in [0.5, 0.6) is 0 Å². The quantitative estimate of drug-likeness (QED) is 0.808. The number of rotatable bonds is 5. The molecule has 0 aromatic carbocycles. The van der Waals surface area contributed by atoms with Gasteiger partial charge in [0.05, 0.1) is 6.54 Å². The molecule has 10 heteroatoms. The number of carbonyl (C=O) groups excluding carboxylic acids is 1. The van der Waals surface area contributed by atoms with E-state index in [0.717, 1.165) is 37.5 Å². The van der Waals surface area contributed by atoms with Crippen LogP contribution in [0.1, 0.15) is 43.8 Å². The summed E-state index contributed by atoms with van der Waals surface area (Å²) in [6.45, 7) is 1.52. The zero-order chi connectivity index (χ0) is 18.9. The number of fused-ring (bicyclic) bond motifs is 1. The van der Waals surface area contributed by atoms with Crippen molar-refractivity contribution in [3.8, 4) is 0 Å². The van der Waals surface area contributed by atoms with E-state index in [0.29, 0.717) is 19.4 Å². The predicted molar refractivity (Wildman–Crippen MR) is 101 cm³/mol. The molecule has 1 fully saturated rings. The van der Waals surface area contributed by atoms with Crippen LogP contribution in [0.25, 0.3) is 0 Å². The van der Waals surface area contributed by atoms with Crippen LogP contribution in [0, 0.1) is 0 Å². The molecule has 1 amide bonds. The molecule has 0 radical (unpaired) electrons. The molecule has 8 nitrogen and oxygen atoms in total. The van der Waals surface area contributed by atoms with Crippen LogP contribution in [0.2, 0.25) is 0 Å². The molecule has 1 unspecified atom stereocenters. The highest BCUT2D eigenvalue weighted by Gasteiger charge is 2.39. The van der Waals surface area contributed by atoms with Gasteiger partial charge in [0.1, 0.15) is 16.1 Å². The van der Waals surface area contributed by atoms with E-state index in [1.165, 1.54) is 22.1 Å². The van der Waals surface area contributed by atoms with Gasteiger partial charge in [-0.25, -0.2) is 8.42 Å². The molecule has 2 aromatic rings. The first-order valence-electron chi connectivity index (χ1n) is 9.31. The van der Waals surface area contributed by atoms with E-state index in [2.05, 4.69) is 20.1 Å². The molecule has 1 atom stereocenters. The highest BCUT2D eigenvalue weighted by molar-refractivity contribution is 7.91. The number of aromatic nitrogens is 3. The Morgan fingerprint density at radius 1 is 1.22 bits per heavy atom. The Bertz CT molecular complexity index is 907. The van der Waals surface area contributed by atoms with Gasteiger partial charge in [0.25, 0.3) is 10.0 Å². The summed E-state index contributed by atoms with van der Waals surface area (Å²) in [7, 11) is -3.62. The number of thiophene rings is 1. The molecule has 0 saturated carbocycles. The zero-order valence-electron chi connectivity index (χ0n) is 15.0. The lowest BCUT2D eigenvalue weighted by atomic mass is 10.2. The van der Waals surface area contributed by atoms with Crippen molar-refractivity contribution < 1.29 is 13.2 Å². The molecule has 0 spiro atoms. The lowest BCUT2D eigenvalue weighted by Crippen LogP contribution is -2.45. The summed E-state index contributed by atoms with van der Waals surface area (Å²) in [6.07, 6.45) is 5.50. The number of sulfonamides is 1. The maximum Gasteiger partial charge on any atom is 0.253 e. The molecule has 0 bridgehead atoms. The molecule has 1 N–H and O–H groups in total. The van der Waals surface area contributed by atoms with Gasteiger partial charge in [-0.05, 0) is 37.1 Å². The van der Waals surface area contributed by atoms with Gasteiger partial charge in [-0.3, -0.25) is 4.79 Å². The Balaban J connectivity index is 1.45. The van der Waals surface area contributed by atoms with Crippen LogP contribution < -0.4 is 5.32 Å². The lowest BCUT2D eigenvalue weighted by Gasteiger charge is -2.22. The minimum atomic E-state index is -3.62. The molecule has 2 aliphatic heterocycles. The average molecular weight is 410 g/mol. The minimum Gasteiger partial charge on any atom is -0.347 e. The largest absolute Gasteiger partial charge is 0.347 e. The number of amides is 1. The van der Waals surface area contributed by atoms with E-state index in [4.69, 9.17) is 0 Å². The van der Waals surface area contributed by atoms with Crippen molar-refractivity contribution in [2.24, 2.45) is 0 Å². The number of hydrogen-bond donors (Lipinski definition) is 1. The summed E-state index contributed by atoms with van der Waals surface area (Å²) >= 11 is 1.18. The highest BCUT2D eigenvalue weighted by Crippen LogP contribution is 2.28. The third kappa shape index (κ3) is 3.65. The molecule has 2 aliphatic rings. The monoisotopic (exact) mass is 409 g/mol. The third-order valence-corrected chi connectivity index (χ3v) is 8.45. The third-order valence-electron chi connectivity index (χ3n) is 5.17. The first-order chi connectivity index (χ1) is 13.1. The number of nitrogens with one attached hydrogen (secondary N) is 1. The summed E-state index contributed by atoms with van der Waals surface area (Å²) < 4.78 is 29.3. The maximum absolute atomic E-state index is 12.8. The standard InChI is InChI=1S/C17H23N5O3S2/c23-17(18-12-15-20-19-14-7-2-1-3-9-21(14)15)13-6-4-10-22(13)27(24,25)16-8-5-11-26-16/h5,8,11,13H,1-4,6-7,9-10,12H2,(H,18,23). The van der Waals surface area contributed by atoms with Gasteiger partial charge in [-0.1, -0.05) is 12.5 Å². The van der Waals surface area contributed by atoms with Gasteiger partial charge in [0.15, 0.2) is 5.82 Å². The fourth-order valence-electron chi connectivity index (χ4n) is 3.78. The molecule has 4 rings (SSSR count). The predicted octanol–water partition coefficient (Wildman–Crippen LogP) is 1.54. The Kier molecular flexibility index (Phi) is 5.29. The Hall–Kier alpha value is -1.78. The van der Waals surface area contributed by atoms with E-state index in [9.17, 15) is 13.2 Å². The second-order valence-electron chi connectivity index (χ2n) is 6.92. The molecule has 146 valence electrons. The first kappa shape index (κ1) is 18.6. The highest BCUT2D eigenvalue weighted by atomic mass is 32.2. The second kappa shape index (κ2) is 7.69. The van der Waals surface area contributed by atoms with Crippen LogP contribution in [0.3, 0.4) is 0 Å². The number of nitrogens with zero attached hydrogens (tertiary/aromatic N) is 4. The summed E-state index contributed by atoms with van der Waals surface area (Å²) in [4.78, 5) is 12.7. The molecule has 0 aliphatic carbocycles. The topological polar surface area (TPSA) is 97.2 Å². The fourth-order valence-corrected chi connectivity index (χ4v) is 6.55. The molecular formula is C17H23N5O3S2. The van der Waals surface area contributed by atoms with E-state index in [1.807, 2.05) is 0 Å². The normalized spacial score (nSPS) is 21.0. The molecular weight excluding hydrogens is 386 g/mol. The second-order valence-corrected chi connectivity index (χ2v) is 9.98. The zero-order valence-corrected chi connectivity index (χ0v) is 16.6. The smallest absolute Gasteiger partial charge is 0.253 e. The summed E-state index contributed by atoms with van der Waals surface area (Å²) in [5.74, 6) is 1.45.